The first-order chi connectivity index (χ1) is 8.47. The van der Waals surface area contributed by atoms with Crippen molar-refractivity contribution in [1.29, 1.82) is 0 Å². The number of ether oxygens (including phenoxy) is 1. The molecule has 18 heavy (non-hydrogen) atoms. The fraction of sp³-hybridized carbons (Fsp3) is 0.0769. The smallest absolute Gasteiger partial charge is 0.179 e. The summed E-state index contributed by atoms with van der Waals surface area (Å²) in [6.45, 7) is 0. The number of aromatic hydroxyl groups is 1. The summed E-state index contributed by atoms with van der Waals surface area (Å²) in [5.74, 6) is 0.855. The Morgan fingerprint density at radius 1 is 1.00 bits per heavy atom. The lowest BCUT2D eigenvalue weighted by Crippen LogP contribution is -1.99. The van der Waals surface area contributed by atoms with Gasteiger partial charge in [0.2, 0.25) is 0 Å². The summed E-state index contributed by atoms with van der Waals surface area (Å²) in [7, 11) is -3.34. The third-order valence-corrected chi connectivity index (χ3v) is 3.45. The summed E-state index contributed by atoms with van der Waals surface area (Å²) in [4.78, 5) is 0.137. The van der Waals surface area contributed by atoms with Gasteiger partial charge in [-0.15, -0.1) is 0 Å². The maximum Gasteiger partial charge on any atom is 0.179 e. The molecular formula is C13H12O4S. The molecule has 0 saturated carbocycles. The highest BCUT2D eigenvalue weighted by Crippen LogP contribution is 2.29. The van der Waals surface area contributed by atoms with Gasteiger partial charge in [-0.3, -0.25) is 0 Å². The number of phenolic OH excluding ortho intramolecular Hbond substituents is 1. The van der Waals surface area contributed by atoms with E-state index in [9.17, 15) is 8.42 Å². The van der Waals surface area contributed by atoms with Gasteiger partial charge >= 0.3 is 0 Å². The van der Waals surface area contributed by atoms with Crippen LogP contribution < -0.4 is 4.74 Å². The Kier molecular flexibility index (Phi) is 3.25. The second-order valence-electron chi connectivity index (χ2n) is 3.81. The molecule has 5 heteroatoms. The minimum absolute atomic E-state index is 0.124. The van der Waals surface area contributed by atoms with Crippen molar-refractivity contribution in [3.8, 4) is 17.2 Å². The number of hydrogen-bond acceptors (Lipinski definition) is 4. The summed E-state index contributed by atoms with van der Waals surface area (Å²) < 4.78 is 28.7. The molecule has 0 spiro atoms. The van der Waals surface area contributed by atoms with Gasteiger partial charge in [-0.05, 0) is 36.4 Å². The summed E-state index contributed by atoms with van der Waals surface area (Å²) in [6, 6.07) is 12.5. The predicted molar refractivity (Wildman–Crippen MR) is 67.7 cm³/mol. The highest BCUT2D eigenvalue weighted by atomic mass is 32.2. The Morgan fingerprint density at radius 3 is 2.22 bits per heavy atom. The van der Waals surface area contributed by atoms with Crippen LogP contribution in [-0.2, 0) is 9.84 Å². The lowest BCUT2D eigenvalue weighted by atomic mass is 10.3. The van der Waals surface area contributed by atoms with Crippen molar-refractivity contribution in [2.24, 2.45) is 0 Å². The minimum Gasteiger partial charge on any atom is -0.508 e. The van der Waals surface area contributed by atoms with Crippen molar-refractivity contribution in [3.63, 3.8) is 0 Å². The molecule has 0 aliphatic rings. The van der Waals surface area contributed by atoms with Crippen LogP contribution in [0.1, 0.15) is 0 Å². The SMILES string of the molecule is CS(=O)(=O)c1ccccc1Oc1ccc(O)cc1. The van der Waals surface area contributed by atoms with Crippen molar-refractivity contribution in [2.45, 2.75) is 4.90 Å². The molecule has 1 N–H and O–H groups in total. The van der Waals surface area contributed by atoms with E-state index in [2.05, 4.69) is 0 Å². The number of hydrogen-bond donors (Lipinski definition) is 1. The van der Waals surface area contributed by atoms with Crippen molar-refractivity contribution < 1.29 is 18.3 Å². The number of rotatable bonds is 3. The van der Waals surface area contributed by atoms with Crippen LogP contribution in [-0.4, -0.2) is 19.8 Å². The maximum absolute atomic E-state index is 11.6. The van der Waals surface area contributed by atoms with E-state index in [-0.39, 0.29) is 16.4 Å². The Balaban J connectivity index is 2.38. The molecule has 0 amide bonds. The molecule has 0 bridgehead atoms. The Labute approximate surface area is 105 Å². The molecule has 0 unspecified atom stereocenters. The highest BCUT2D eigenvalue weighted by molar-refractivity contribution is 7.90. The van der Waals surface area contributed by atoms with Crippen molar-refractivity contribution in [1.82, 2.24) is 0 Å². The van der Waals surface area contributed by atoms with Crippen molar-refractivity contribution in [2.75, 3.05) is 6.26 Å². The Bertz CT molecular complexity index is 645. The van der Waals surface area contributed by atoms with Gasteiger partial charge in [-0.25, -0.2) is 8.42 Å². The van der Waals surface area contributed by atoms with E-state index in [1.54, 1.807) is 30.3 Å². The van der Waals surface area contributed by atoms with Gasteiger partial charge in [0, 0.05) is 6.26 Å². The normalized spacial score (nSPS) is 11.2. The molecule has 0 aromatic heterocycles. The molecule has 2 rings (SSSR count). The Morgan fingerprint density at radius 2 is 1.61 bits per heavy atom. The molecule has 0 radical (unpaired) electrons. The van der Waals surface area contributed by atoms with Gasteiger partial charge in [-0.2, -0.15) is 0 Å². The lowest BCUT2D eigenvalue weighted by molar-refractivity contribution is 0.457. The van der Waals surface area contributed by atoms with E-state index in [0.29, 0.717) is 5.75 Å². The van der Waals surface area contributed by atoms with Crippen LogP contribution >= 0.6 is 0 Å². The number of para-hydroxylation sites is 1. The number of benzene rings is 2. The quantitative estimate of drug-likeness (QED) is 0.925. The standard InChI is InChI=1S/C13H12O4S/c1-18(15,16)13-5-3-2-4-12(13)17-11-8-6-10(14)7-9-11/h2-9,14H,1H3. The molecule has 4 nitrogen and oxygen atoms in total. The molecular weight excluding hydrogens is 252 g/mol. The van der Waals surface area contributed by atoms with Crippen LogP contribution in [0.3, 0.4) is 0 Å². The van der Waals surface area contributed by atoms with Crippen LogP contribution in [0, 0.1) is 0 Å². The van der Waals surface area contributed by atoms with Crippen molar-refractivity contribution >= 4 is 9.84 Å². The summed E-state index contributed by atoms with van der Waals surface area (Å²) in [5.41, 5.74) is 0. The second-order valence-corrected chi connectivity index (χ2v) is 5.80. The van der Waals surface area contributed by atoms with Gasteiger partial charge in [0.15, 0.2) is 9.84 Å². The molecule has 0 atom stereocenters. The van der Waals surface area contributed by atoms with Gasteiger partial charge in [-0.1, -0.05) is 12.1 Å². The fourth-order valence-electron chi connectivity index (χ4n) is 1.48. The van der Waals surface area contributed by atoms with E-state index in [1.165, 1.54) is 18.2 Å². The van der Waals surface area contributed by atoms with Crippen LogP contribution in [0.15, 0.2) is 53.4 Å². The third-order valence-electron chi connectivity index (χ3n) is 2.31. The van der Waals surface area contributed by atoms with Gasteiger partial charge < -0.3 is 9.84 Å². The molecule has 0 saturated heterocycles. The predicted octanol–water partition coefficient (Wildman–Crippen LogP) is 2.59. The van der Waals surface area contributed by atoms with Gasteiger partial charge in [0.25, 0.3) is 0 Å². The van der Waals surface area contributed by atoms with E-state index in [4.69, 9.17) is 9.84 Å². The summed E-state index contributed by atoms with van der Waals surface area (Å²) in [5, 5.41) is 9.16. The fourth-order valence-corrected chi connectivity index (χ4v) is 2.28. The zero-order valence-corrected chi connectivity index (χ0v) is 10.5. The van der Waals surface area contributed by atoms with Crippen LogP contribution in [0.5, 0.6) is 17.2 Å². The molecule has 2 aromatic rings. The lowest BCUT2D eigenvalue weighted by Gasteiger charge is -2.09. The van der Waals surface area contributed by atoms with E-state index >= 15 is 0 Å². The molecule has 94 valence electrons. The zero-order chi connectivity index (χ0) is 13.2. The van der Waals surface area contributed by atoms with Crippen molar-refractivity contribution in [3.05, 3.63) is 48.5 Å². The topological polar surface area (TPSA) is 63.6 Å². The van der Waals surface area contributed by atoms with Gasteiger partial charge in [0.05, 0.1) is 0 Å². The number of sulfone groups is 1. The second kappa shape index (κ2) is 4.70. The van der Waals surface area contributed by atoms with Gasteiger partial charge in [0.1, 0.15) is 22.1 Å². The zero-order valence-electron chi connectivity index (χ0n) is 9.70. The van der Waals surface area contributed by atoms with E-state index in [0.717, 1.165) is 6.26 Å². The number of phenols is 1. The molecule has 2 aromatic carbocycles. The average Bonchev–Trinajstić information content (AvgIpc) is 2.31. The van der Waals surface area contributed by atoms with E-state index < -0.39 is 9.84 Å². The van der Waals surface area contributed by atoms with E-state index in [1.807, 2.05) is 0 Å². The first kappa shape index (κ1) is 12.4. The summed E-state index contributed by atoms with van der Waals surface area (Å²) in [6.07, 6.45) is 1.13. The first-order valence-corrected chi connectivity index (χ1v) is 7.12. The molecule has 0 fully saturated rings. The minimum atomic E-state index is -3.34. The largest absolute Gasteiger partial charge is 0.508 e. The monoisotopic (exact) mass is 264 g/mol. The first-order valence-electron chi connectivity index (χ1n) is 5.23. The third kappa shape index (κ3) is 2.81. The van der Waals surface area contributed by atoms with Crippen LogP contribution in [0.25, 0.3) is 0 Å². The average molecular weight is 264 g/mol. The van der Waals surface area contributed by atoms with Crippen LogP contribution in [0.2, 0.25) is 0 Å². The molecule has 0 heterocycles. The molecule has 0 aliphatic heterocycles. The van der Waals surface area contributed by atoms with Crippen LogP contribution in [0.4, 0.5) is 0 Å². The maximum atomic E-state index is 11.6. The highest BCUT2D eigenvalue weighted by Gasteiger charge is 2.14. The molecule has 0 aliphatic carbocycles. The summed E-state index contributed by atoms with van der Waals surface area (Å²) >= 11 is 0. The Hall–Kier alpha value is -2.01.